The van der Waals surface area contributed by atoms with E-state index in [0.717, 1.165) is 36.7 Å². The van der Waals surface area contributed by atoms with Crippen molar-refractivity contribution in [1.29, 1.82) is 0 Å². The molecule has 1 amide bonds. The lowest BCUT2D eigenvalue weighted by molar-refractivity contribution is 0.0387. The number of rotatable bonds is 5. The van der Waals surface area contributed by atoms with E-state index in [1.807, 2.05) is 37.4 Å². The number of anilines is 2. The minimum absolute atomic E-state index is 0.0461. The first kappa shape index (κ1) is 16.0. The SMILES string of the molecule is CN(C[C@H]1CCCOC1)C(=O)c1ncsc1Nc1ccccc1. The Hall–Kier alpha value is -1.92. The number of para-hydroxylation sites is 1. The van der Waals surface area contributed by atoms with Crippen molar-refractivity contribution in [2.24, 2.45) is 5.92 Å². The van der Waals surface area contributed by atoms with Crippen molar-refractivity contribution < 1.29 is 9.53 Å². The van der Waals surface area contributed by atoms with Crippen LogP contribution in [0.25, 0.3) is 0 Å². The summed E-state index contributed by atoms with van der Waals surface area (Å²) in [6, 6.07) is 9.82. The number of nitrogens with zero attached hydrogens (tertiary/aromatic N) is 2. The molecule has 3 rings (SSSR count). The highest BCUT2D eigenvalue weighted by atomic mass is 32.1. The highest BCUT2D eigenvalue weighted by molar-refractivity contribution is 7.14. The fraction of sp³-hybridized carbons (Fsp3) is 0.412. The van der Waals surface area contributed by atoms with Gasteiger partial charge in [0.15, 0.2) is 5.69 Å². The first-order valence-corrected chi connectivity index (χ1v) is 8.71. The number of carbonyl (C=O) groups excluding carboxylic acids is 1. The van der Waals surface area contributed by atoms with Crippen LogP contribution in [-0.2, 0) is 4.74 Å². The summed E-state index contributed by atoms with van der Waals surface area (Å²) in [5, 5.41) is 4.06. The van der Waals surface area contributed by atoms with E-state index in [-0.39, 0.29) is 5.91 Å². The molecule has 2 aromatic rings. The molecule has 23 heavy (non-hydrogen) atoms. The van der Waals surface area contributed by atoms with Crippen LogP contribution in [0.3, 0.4) is 0 Å². The molecule has 1 fully saturated rings. The molecule has 1 aromatic carbocycles. The predicted molar refractivity (Wildman–Crippen MR) is 92.3 cm³/mol. The van der Waals surface area contributed by atoms with Crippen LogP contribution in [-0.4, -0.2) is 42.6 Å². The summed E-state index contributed by atoms with van der Waals surface area (Å²) in [5.74, 6) is 0.372. The van der Waals surface area contributed by atoms with Gasteiger partial charge in [-0.2, -0.15) is 0 Å². The minimum atomic E-state index is -0.0461. The minimum Gasteiger partial charge on any atom is -0.381 e. The molecule has 1 aliphatic heterocycles. The van der Waals surface area contributed by atoms with E-state index in [4.69, 9.17) is 4.74 Å². The third-order valence-corrected chi connectivity index (χ3v) is 4.68. The second kappa shape index (κ2) is 7.57. The van der Waals surface area contributed by atoms with Crippen molar-refractivity contribution >= 4 is 27.9 Å². The van der Waals surface area contributed by atoms with Crippen molar-refractivity contribution in [2.45, 2.75) is 12.8 Å². The lowest BCUT2D eigenvalue weighted by atomic mass is 10.0. The van der Waals surface area contributed by atoms with Gasteiger partial charge in [0.1, 0.15) is 5.00 Å². The zero-order valence-corrected chi connectivity index (χ0v) is 14.0. The van der Waals surface area contributed by atoms with Crippen LogP contribution < -0.4 is 5.32 Å². The van der Waals surface area contributed by atoms with E-state index in [1.54, 1.807) is 10.4 Å². The van der Waals surface area contributed by atoms with E-state index >= 15 is 0 Å². The van der Waals surface area contributed by atoms with Crippen LogP contribution in [0, 0.1) is 5.92 Å². The van der Waals surface area contributed by atoms with Crippen molar-refractivity contribution in [3.8, 4) is 0 Å². The van der Waals surface area contributed by atoms with Gasteiger partial charge in [0.05, 0.1) is 12.1 Å². The van der Waals surface area contributed by atoms with Gasteiger partial charge in [-0.05, 0) is 30.9 Å². The predicted octanol–water partition coefficient (Wildman–Crippen LogP) is 3.39. The van der Waals surface area contributed by atoms with Crippen molar-refractivity contribution in [3.63, 3.8) is 0 Å². The summed E-state index contributed by atoms with van der Waals surface area (Å²) in [4.78, 5) is 18.7. The summed E-state index contributed by atoms with van der Waals surface area (Å²) in [5.41, 5.74) is 3.14. The molecule has 1 atom stereocenters. The number of carbonyl (C=O) groups is 1. The Morgan fingerprint density at radius 1 is 1.43 bits per heavy atom. The standard InChI is InChI=1S/C17H21N3O2S/c1-20(10-13-6-5-9-22-11-13)17(21)15-16(23-12-18-15)19-14-7-3-2-4-8-14/h2-4,7-8,12-13,19H,5-6,9-11H2,1H3/t13-/m1/s1. The number of aromatic nitrogens is 1. The third-order valence-electron chi connectivity index (χ3n) is 3.94. The summed E-state index contributed by atoms with van der Waals surface area (Å²) in [6.45, 7) is 2.29. The summed E-state index contributed by atoms with van der Waals surface area (Å²) >= 11 is 1.44. The Labute approximate surface area is 140 Å². The largest absolute Gasteiger partial charge is 0.381 e. The van der Waals surface area contributed by atoms with E-state index in [2.05, 4.69) is 10.3 Å². The molecule has 0 unspecified atom stereocenters. The lowest BCUT2D eigenvalue weighted by Crippen LogP contribution is -2.35. The summed E-state index contributed by atoms with van der Waals surface area (Å²) in [7, 11) is 1.84. The third kappa shape index (κ3) is 4.09. The lowest BCUT2D eigenvalue weighted by Gasteiger charge is -2.27. The molecule has 5 nitrogen and oxygen atoms in total. The molecule has 0 saturated carbocycles. The monoisotopic (exact) mass is 331 g/mol. The van der Waals surface area contributed by atoms with Crippen LogP contribution in [0.5, 0.6) is 0 Å². The van der Waals surface area contributed by atoms with Crippen molar-refractivity contribution in [2.75, 3.05) is 32.1 Å². The van der Waals surface area contributed by atoms with Gasteiger partial charge in [-0.15, -0.1) is 11.3 Å². The Bertz CT molecular complexity index is 638. The average molecular weight is 331 g/mol. The molecule has 1 aromatic heterocycles. The van der Waals surface area contributed by atoms with E-state index in [0.29, 0.717) is 18.2 Å². The molecule has 0 radical (unpaired) electrons. The van der Waals surface area contributed by atoms with Gasteiger partial charge in [0.25, 0.3) is 5.91 Å². The zero-order chi connectivity index (χ0) is 16.1. The zero-order valence-electron chi connectivity index (χ0n) is 13.2. The van der Waals surface area contributed by atoms with Crippen molar-refractivity contribution in [3.05, 3.63) is 41.5 Å². The number of amides is 1. The Kier molecular flexibility index (Phi) is 5.25. The smallest absolute Gasteiger partial charge is 0.275 e. The number of hydrogen-bond donors (Lipinski definition) is 1. The quantitative estimate of drug-likeness (QED) is 0.912. The van der Waals surface area contributed by atoms with Gasteiger partial charge in [-0.1, -0.05) is 18.2 Å². The van der Waals surface area contributed by atoms with Crippen LogP contribution in [0.2, 0.25) is 0 Å². The maximum atomic E-state index is 12.7. The number of hydrogen-bond acceptors (Lipinski definition) is 5. The Morgan fingerprint density at radius 3 is 3.00 bits per heavy atom. The maximum absolute atomic E-state index is 12.7. The molecule has 0 aliphatic carbocycles. The van der Waals surface area contributed by atoms with Gasteiger partial charge >= 0.3 is 0 Å². The van der Waals surface area contributed by atoms with E-state index in [1.165, 1.54) is 11.3 Å². The first-order valence-electron chi connectivity index (χ1n) is 7.83. The molecule has 1 N–H and O–H groups in total. The van der Waals surface area contributed by atoms with Gasteiger partial charge in [-0.25, -0.2) is 4.98 Å². The van der Waals surface area contributed by atoms with Gasteiger partial charge in [0.2, 0.25) is 0 Å². The van der Waals surface area contributed by atoms with Crippen LogP contribution >= 0.6 is 11.3 Å². The Balaban J connectivity index is 1.66. The average Bonchev–Trinajstić information content (AvgIpc) is 3.04. The summed E-state index contributed by atoms with van der Waals surface area (Å²) in [6.07, 6.45) is 2.19. The fourth-order valence-corrected chi connectivity index (χ4v) is 3.43. The maximum Gasteiger partial charge on any atom is 0.275 e. The molecule has 1 aliphatic rings. The van der Waals surface area contributed by atoms with Crippen molar-refractivity contribution in [1.82, 2.24) is 9.88 Å². The number of ether oxygens (including phenoxy) is 1. The van der Waals surface area contributed by atoms with Gasteiger partial charge < -0.3 is 15.0 Å². The van der Waals surface area contributed by atoms with Gasteiger partial charge in [-0.3, -0.25) is 4.79 Å². The van der Waals surface area contributed by atoms with Crippen LogP contribution in [0.1, 0.15) is 23.3 Å². The molecule has 1 saturated heterocycles. The number of nitrogens with one attached hydrogen (secondary N) is 1. The summed E-state index contributed by atoms with van der Waals surface area (Å²) < 4.78 is 5.49. The normalized spacial score (nSPS) is 17.7. The molecule has 0 bridgehead atoms. The molecule has 122 valence electrons. The van der Waals surface area contributed by atoms with Gasteiger partial charge in [0, 0.05) is 25.9 Å². The molecule has 6 heteroatoms. The Morgan fingerprint density at radius 2 is 2.26 bits per heavy atom. The second-order valence-corrected chi connectivity index (χ2v) is 6.64. The topological polar surface area (TPSA) is 54.5 Å². The van der Waals surface area contributed by atoms with E-state index in [9.17, 15) is 4.79 Å². The van der Waals surface area contributed by atoms with Crippen LogP contribution in [0.4, 0.5) is 10.7 Å². The number of thiazole rings is 1. The molecular formula is C17H21N3O2S. The highest BCUT2D eigenvalue weighted by Gasteiger charge is 2.23. The molecule has 0 spiro atoms. The fourth-order valence-electron chi connectivity index (χ4n) is 2.74. The molecular weight excluding hydrogens is 310 g/mol. The van der Waals surface area contributed by atoms with Crippen LogP contribution in [0.15, 0.2) is 35.8 Å². The highest BCUT2D eigenvalue weighted by Crippen LogP contribution is 2.26. The first-order chi connectivity index (χ1) is 11.2. The molecule has 2 heterocycles. The van der Waals surface area contributed by atoms with E-state index < -0.39 is 0 Å². The second-order valence-electron chi connectivity index (χ2n) is 5.79. The number of benzene rings is 1.